The first-order valence-corrected chi connectivity index (χ1v) is 7.42. The number of rotatable bonds is 4. The molecule has 1 aliphatic carbocycles. The molecular weight excluding hydrogens is 278 g/mol. The molecule has 0 heterocycles. The van der Waals surface area contributed by atoms with Crippen LogP contribution in [0.5, 0.6) is 0 Å². The summed E-state index contributed by atoms with van der Waals surface area (Å²) in [6, 6.07) is 17.4. The van der Waals surface area contributed by atoms with E-state index in [2.05, 4.69) is 5.32 Å². The van der Waals surface area contributed by atoms with Gasteiger partial charge in [-0.25, -0.2) is 4.79 Å². The van der Waals surface area contributed by atoms with Crippen molar-refractivity contribution in [2.45, 2.75) is 25.0 Å². The molecule has 0 aliphatic heterocycles. The first kappa shape index (κ1) is 14.6. The third kappa shape index (κ3) is 2.83. The second-order valence-electron chi connectivity index (χ2n) is 5.58. The maximum atomic E-state index is 12.1. The number of nitrogens with one attached hydrogen (secondary N) is 1. The zero-order valence-electron chi connectivity index (χ0n) is 12.3. The van der Waals surface area contributed by atoms with Gasteiger partial charge < -0.3 is 15.2 Å². The zero-order chi connectivity index (χ0) is 15.4. The van der Waals surface area contributed by atoms with Crippen molar-refractivity contribution in [3.8, 4) is 0 Å². The summed E-state index contributed by atoms with van der Waals surface area (Å²) in [5.74, 6) is 0. The molecule has 1 unspecified atom stereocenters. The SMILES string of the molecule is O=C(NC1(CO)CCc2ccccc21)OCc1ccccc1. The summed E-state index contributed by atoms with van der Waals surface area (Å²) >= 11 is 0. The van der Waals surface area contributed by atoms with Crippen molar-refractivity contribution in [3.05, 3.63) is 71.3 Å². The first-order chi connectivity index (χ1) is 10.7. The summed E-state index contributed by atoms with van der Waals surface area (Å²) in [7, 11) is 0. The minimum absolute atomic E-state index is 0.134. The van der Waals surface area contributed by atoms with Gasteiger partial charge in [-0.2, -0.15) is 0 Å². The minimum atomic E-state index is -0.732. The lowest BCUT2D eigenvalue weighted by Crippen LogP contribution is -2.47. The molecule has 0 fully saturated rings. The summed E-state index contributed by atoms with van der Waals surface area (Å²) in [4.78, 5) is 12.1. The maximum Gasteiger partial charge on any atom is 0.408 e. The second kappa shape index (κ2) is 6.20. The van der Waals surface area contributed by atoms with E-state index in [1.165, 1.54) is 5.56 Å². The second-order valence-corrected chi connectivity index (χ2v) is 5.58. The van der Waals surface area contributed by atoms with Crippen LogP contribution in [0.25, 0.3) is 0 Å². The van der Waals surface area contributed by atoms with Gasteiger partial charge in [0.05, 0.1) is 12.1 Å². The lowest BCUT2D eigenvalue weighted by atomic mass is 9.93. The lowest BCUT2D eigenvalue weighted by Gasteiger charge is -2.29. The van der Waals surface area contributed by atoms with Crippen LogP contribution in [0.3, 0.4) is 0 Å². The van der Waals surface area contributed by atoms with E-state index in [-0.39, 0.29) is 13.2 Å². The fourth-order valence-corrected chi connectivity index (χ4v) is 2.98. The van der Waals surface area contributed by atoms with Crippen LogP contribution in [0.15, 0.2) is 54.6 Å². The van der Waals surface area contributed by atoms with E-state index in [9.17, 15) is 9.90 Å². The highest BCUT2D eigenvalue weighted by Gasteiger charge is 2.39. The van der Waals surface area contributed by atoms with Crippen molar-refractivity contribution in [2.75, 3.05) is 6.61 Å². The average molecular weight is 297 g/mol. The van der Waals surface area contributed by atoms with Crippen LogP contribution in [0, 0.1) is 0 Å². The molecule has 0 radical (unpaired) electrons. The summed E-state index contributed by atoms with van der Waals surface area (Å²) in [6.45, 7) is 0.0836. The molecule has 22 heavy (non-hydrogen) atoms. The molecule has 0 spiro atoms. The van der Waals surface area contributed by atoms with Gasteiger partial charge in [-0.1, -0.05) is 54.6 Å². The van der Waals surface area contributed by atoms with Crippen molar-refractivity contribution >= 4 is 6.09 Å². The molecule has 1 atom stereocenters. The highest BCUT2D eigenvalue weighted by Crippen LogP contribution is 2.36. The molecule has 0 saturated heterocycles. The van der Waals surface area contributed by atoms with Crippen LogP contribution in [0.1, 0.15) is 23.1 Å². The van der Waals surface area contributed by atoms with E-state index in [1.807, 2.05) is 54.6 Å². The van der Waals surface area contributed by atoms with Crippen molar-refractivity contribution in [2.24, 2.45) is 0 Å². The molecule has 114 valence electrons. The van der Waals surface area contributed by atoms with Crippen molar-refractivity contribution in [1.82, 2.24) is 5.32 Å². The number of carbonyl (C=O) groups is 1. The molecule has 4 nitrogen and oxygen atoms in total. The Bertz CT molecular complexity index is 656. The Morgan fingerprint density at radius 3 is 2.64 bits per heavy atom. The van der Waals surface area contributed by atoms with Gasteiger partial charge in [0.15, 0.2) is 0 Å². The highest BCUT2D eigenvalue weighted by atomic mass is 16.5. The molecule has 4 heteroatoms. The Morgan fingerprint density at radius 1 is 1.14 bits per heavy atom. The van der Waals surface area contributed by atoms with Gasteiger partial charge in [-0.15, -0.1) is 0 Å². The van der Waals surface area contributed by atoms with E-state index in [0.717, 1.165) is 17.5 Å². The smallest absolute Gasteiger partial charge is 0.408 e. The molecule has 1 aliphatic rings. The Morgan fingerprint density at radius 2 is 1.86 bits per heavy atom. The van der Waals surface area contributed by atoms with E-state index in [1.54, 1.807) is 0 Å². The fourth-order valence-electron chi connectivity index (χ4n) is 2.98. The number of aliphatic hydroxyl groups excluding tert-OH is 1. The lowest BCUT2D eigenvalue weighted by molar-refractivity contribution is 0.105. The van der Waals surface area contributed by atoms with Gasteiger partial charge in [0, 0.05) is 0 Å². The standard InChI is InChI=1S/C18H19NO3/c20-13-18(11-10-15-8-4-5-9-16(15)18)19-17(21)22-12-14-6-2-1-3-7-14/h1-9,20H,10-13H2,(H,19,21). The van der Waals surface area contributed by atoms with E-state index >= 15 is 0 Å². The van der Waals surface area contributed by atoms with E-state index in [4.69, 9.17) is 4.74 Å². The summed E-state index contributed by atoms with van der Waals surface area (Å²) in [5, 5.41) is 12.7. The molecule has 1 amide bonds. The minimum Gasteiger partial charge on any atom is -0.445 e. The largest absolute Gasteiger partial charge is 0.445 e. The van der Waals surface area contributed by atoms with Crippen molar-refractivity contribution in [1.29, 1.82) is 0 Å². The number of ether oxygens (including phenoxy) is 1. The van der Waals surface area contributed by atoms with E-state index < -0.39 is 11.6 Å². The third-order valence-corrected chi connectivity index (χ3v) is 4.18. The van der Waals surface area contributed by atoms with Gasteiger partial charge in [0.1, 0.15) is 6.61 Å². The van der Waals surface area contributed by atoms with Crippen LogP contribution in [-0.2, 0) is 23.3 Å². The van der Waals surface area contributed by atoms with Gasteiger partial charge in [0.2, 0.25) is 0 Å². The fraction of sp³-hybridized carbons (Fsp3) is 0.278. The number of carbonyl (C=O) groups excluding carboxylic acids is 1. The summed E-state index contributed by atoms with van der Waals surface area (Å²) in [5.41, 5.74) is 2.35. The predicted molar refractivity (Wildman–Crippen MR) is 83.3 cm³/mol. The topological polar surface area (TPSA) is 58.6 Å². The predicted octanol–water partition coefficient (Wildman–Crippen LogP) is 2.75. The molecule has 2 N–H and O–H groups in total. The molecular formula is C18H19NO3. The van der Waals surface area contributed by atoms with Crippen LogP contribution in [0.4, 0.5) is 4.79 Å². The third-order valence-electron chi connectivity index (χ3n) is 4.18. The van der Waals surface area contributed by atoms with Crippen LogP contribution >= 0.6 is 0 Å². The number of aliphatic hydroxyl groups is 1. The van der Waals surface area contributed by atoms with Crippen molar-refractivity contribution < 1.29 is 14.6 Å². The monoisotopic (exact) mass is 297 g/mol. The number of benzene rings is 2. The molecule has 3 rings (SSSR count). The van der Waals surface area contributed by atoms with Gasteiger partial charge in [-0.05, 0) is 29.5 Å². The Kier molecular flexibility index (Phi) is 4.11. The average Bonchev–Trinajstić information content (AvgIpc) is 2.93. The normalized spacial score (nSPS) is 19.5. The van der Waals surface area contributed by atoms with Gasteiger partial charge >= 0.3 is 6.09 Å². The van der Waals surface area contributed by atoms with Gasteiger partial charge in [0.25, 0.3) is 0 Å². The Balaban J connectivity index is 1.67. The first-order valence-electron chi connectivity index (χ1n) is 7.42. The van der Waals surface area contributed by atoms with Gasteiger partial charge in [-0.3, -0.25) is 0 Å². The molecule has 0 bridgehead atoms. The van der Waals surface area contributed by atoms with Crippen LogP contribution in [-0.4, -0.2) is 17.8 Å². The number of hydrogen-bond acceptors (Lipinski definition) is 3. The van der Waals surface area contributed by atoms with Crippen LogP contribution < -0.4 is 5.32 Å². The van der Waals surface area contributed by atoms with E-state index in [0.29, 0.717) is 6.42 Å². The number of fused-ring (bicyclic) bond motifs is 1. The molecule has 2 aromatic carbocycles. The van der Waals surface area contributed by atoms with Crippen LogP contribution in [0.2, 0.25) is 0 Å². The summed E-state index contributed by atoms with van der Waals surface area (Å²) < 4.78 is 5.27. The summed E-state index contributed by atoms with van der Waals surface area (Å²) in [6.07, 6.45) is 1.02. The molecule has 0 aromatic heterocycles. The quantitative estimate of drug-likeness (QED) is 0.912. The highest BCUT2D eigenvalue weighted by molar-refractivity contribution is 5.69. The number of hydrogen-bond donors (Lipinski definition) is 2. The molecule has 0 saturated carbocycles. The Hall–Kier alpha value is -2.33. The van der Waals surface area contributed by atoms with Crippen molar-refractivity contribution in [3.63, 3.8) is 0 Å². The Labute approximate surface area is 129 Å². The number of amides is 1. The maximum absolute atomic E-state index is 12.1. The molecule has 2 aromatic rings. The number of aryl methyl sites for hydroxylation is 1. The zero-order valence-corrected chi connectivity index (χ0v) is 12.3. The number of alkyl carbamates (subject to hydrolysis) is 1.